The second-order valence-electron chi connectivity index (χ2n) is 4.49. The van der Waals surface area contributed by atoms with Crippen LogP contribution in [0.1, 0.15) is 49.3 Å². The van der Waals surface area contributed by atoms with Crippen LogP contribution in [-0.4, -0.2) is 32.8 Å². The number of hydrogen-bond donors (Lipinski definition) is 2. The molecule has 1 rings (SSSR count). The van der Waals surface area contributed by atoms with Crippen LogP contribution in [0, 0.1) is 6.92 Å². The van der Waals surface area contributed by atoms with E-state index in [4.69, 9.17) is 5.11 Å². The van der Waals surface area contributed by atoms with E-state index >= 15 is 0 Å². The Kier molecular flexibility index (Phi) is 5.54. The zero-order chi connectivity index (χ0) is 14.4. The van der Waals surface area contributed by atoms with Gasteiger partial charge in [0.1, 0.15) is 11.7 Å². The fourth-order valence-electron chi connectivity index (χ4n) is 1.87. The van der Waals surface area contributed by atoms with Crippen molar-refractivity contribution in [1.29, 1.82) is 0 Å². The lowest BCUT2D eigenvalue weighted by atomic mass is 10.1. The maximum Gasteiger partial charge on any atom is 0.326 e. The average molecular weight is 267 g/mol. The summed E-state index contributed by atoms with van der Waals surface area (Å²) in [4.78, 5) is 23.2. The van der Waals surface area contributed by atoms with E-state index in [1.54, 1.807) is 17.7 Å². The molecule has 0 radical (unpaired) electrons. The molecule has 0 bridgehead atoms. The first kappa shape index (κ1) is 15.2. The Hall–Kier alpha value is -1.85. The molecular formula is C13H21N3O3. The highest BCUT2D eigenvalue weighted by Gasteiger charge is 2.22. The number of carbonyl (C=O) groups excluding carboxylic acids is 1. The summed E-state index contributed by atoms with van der Waals surface area (Å²) >= 11 is 0. The van der Waals surface area contributed by atoms with E-state index in [1.807, 2.05) is 13.8 Å². The first-order valence-corrected chi connectivity index (χ1v) is 6.57. The highest BCUT2D eigenvalue weighted by Crippen LogP contribution is 2.06. The number of carboxylic acid groups (broad SMARTS) is 1. The lowest BCUT2D eigenvalue weighted by molar-refractivity contribution is -0.139. The van der Waals surface area contributed by atoms with Crippen molar-refractivity contribution in [1.82, 2.24) is 15.1 Å². The Morgan fingerprint density at radius 2 is 2.16 bits per heavy atom. The van der Waals surface area contributed by atoms with E-state index in [9.17, 15) is 9.59 Å². The van der Waals surface area contributed by atoms with Crippen LogP contribution in [-0.2, 0) is 11.3 Å². The third-order valence-electron chi connectivity index (χ3n) is 2.88. The van der Waals surface area contributed by atoms with Crippen molar-refractivity contribution in [2.45, 2.75) is 52.6 Å². The van der Waals surface area contributed by atoms with E-state index in [-0.39, 0.29) is 5.91 Å². The zero-order valence-electron chi connectivity index (χ0n) is 11.6. The largest absolute Gasteiger partial charge is 0.480 e. The van der Waals surface area contributed by atoms with Gasteiger partial charge in [-0.05, 0) is 26.3 Å². The molecule has 0 saturated heterocycles. The summed E-state index contributed by atoms with van der Waals surface area (Å²) in [5.74, 6) is -1.38. The quantitative estimate of drug-likeness (QED) is 0.785. The van der Waals surface area contributed by atoms with Gasteiger partial charge in [0.25, 0.3) is 5.91 Å². The van der Waals surface area contributed by atoms with E-state index in [2.05, 4.69) is 10.4 Å². The van der Waals surface area contributed by atoms with Gasteiger partial charge in [0.2, 0.25) is 0 Å². The molecule has 0 fully saturated rings. The van der Waals surface area contributed by atoms with Gasteiger partial charge in [0.15, 0.2) is 0 Å². The standard InChI is InChI=1S/C13H21N3O3/c1-4-6-7-10(13(18)19)14-12(17)11-8-9(3)15-16(11)5-2/h8,10H,4-7H2,1-3H3,(H,14,17)(H,18,19)/t10-/m0/s1. The maximum atomic E-state index is 12.1. The second-order valence-corrected chi connectivity index (χ2v) is 4.49. The van der Waals surface area contributed by atoms with Crippen molar-refractivity contribution < 1.29 is 14.7 Å². The number of aromatic nitrogens is 2. The number of carboxylic acids is 1. The Bertz CT molecular complexity index is 454. The molecule has 2 N–H and O–H groups in total. The van der Waals surface area contributed by atoms with E-state index < -0.39 is 12.0 Å². The first-order valence-electron chi connectivity index (χ1n) is 6.57. The summed E-state index contributed by atoms with van der Waals surface area (Å²) in [7, 11) is 0. The molecule has 0 unspecified atom stereocenters. The molecular weight excluding hydrogens is 246 g/mol. The number of hydrogen-bond acceptors (Lipinski definition) is 3. The first-order chi connectivity index (χ1) is 8.99. The minimum atomic E-state index is -0.999. The molecule has 6 heteroatoms. The molecule has 106 valence electrons. The molecule has 1 aromatic heterocycles. The Labute approximate surface area is 112 Å². The van der Waals surface area contributed by atoms with Gasteiger partial charge in [-0.3, -0.25) is 9.48 Å². The minimum Gasteiger partial charge on any atom is -0.480 e. The predicted molar refractivity (Wildman–Crippen MR) is 71.1 cm³/mol. The van der Waals surface area contributed by atoms with Crippen LogP contribution < -0.4 is 5.32 Å². The van der Waals surface area contributed by atoms with Crippen molar-refractivity contribution in [3.63, 3.8) is 0 Å². The van der Waals surface area contributed by atoms with Gasteiger partial charge >= 0.3 is 5.97 Å². The highest BCUT2D eigenvalue weighted by atomic mass is 16.4. The third-order valence-corrected chi connectivity index (χ3v) is 2.88. The summed E-state index contributed by atoms with van der Waals surface area (Å²) in [5.41, 5.74) is 1.15. The smallest absolute Gasteiger partial charge is 0.326 e. The number of amides is 1. The fraction of sp³-hybridized carbons (Fsp3) is 0.615. The van der Waals surface area contributed by atoms with Crippen molar-refractivity contribution in [3.8, 4) is 0 Å². The van der Waals surface area contributed by atoms with Crippen LogP contribution >= 0.6 is 0 Å². The van der Waals surface area contributed by atoms with Crippen molar-refractivity contribution in [2.75, 3.05) is 0 Å². The fourth-order valence-corrected chi connectivity index (χ4v) is 1.87. The Morgan fingerprint density at radius 1 is 1.47 bits per heavy atom. The van der Waals surface area contributed by atoms with Crippen LogP contribution in [0.5, 0.6) is 0 Å². The van der Waals surface area contributed by atoms with Crippen LogP contribution in [0.25, 0.3) is 0 Å². The molecule has 1 aromatic rings. The number of rotatable bonds is 7. The van der Waals surface area contributed by atoms with Crippen LogP contribution in [0.4, 0.5) is 0 Å². The molecule has 1 heterocycles. The number of unbranched alkanes of at least 4 members (excludes halogenated alkanes) is 1. The van der Waals surface area contributed by atoms with Crippen molar-refractivity contribution in [2.24, 2.45) is 0 Å². The van der Waals surface area contributed by atoms with Gasteiger partial charge in [0.05, 0.1) is 5.69 Å². The Morgan fingerprint density at radius 3 is 2.68 bits per heavy atom. The second kappa shape index (κ2) is 6.92. The summed E-state index contributed by atoms with van der Waals surface area (Å²) in [6, 6.07) is 0.824. The normalized spacial score (nSPS) is 12.2. The van der Waals surface area contributed by atoms with Crippen LogP contribution in [0.15, 0.2) is 6.07 Å². The molecule has 0 aliphatic rings. The molecule has 1 amide bonds. The van der Waals surface area contributed by atoms with Gasteiger partial charge in [-0.25, -0.2) is 4.79 Å². The predicted octanol–water partition coefficient (Wildman–Crippen LogP) is 1.58. The minimum absolute atomic E-state index is 0.383. The number of nitrogens with zero attached hydrogens (tertiary/aromatic N) is 2. The van der Waals surface area contributed by atoms with Gasteiger partial charge in [-0.1, -0.05) is 19.8 Å². The SMILES string of the molecule is CCCC[C@H](NC(=O)c1cc(C)nn1CC)C(=O)O. The Balaban J connectivity index is 2.78. The van der Waals surface area contributed by atoms with E-state index in [0.717, 1.165) is 18.5 Å². The number of aliphatic carboxylic acids is 1. The molecule has 6 nitrogen and oxygen atoms in total. The van der Waals surface area contributed by atoms with Crippen molar-refractivity contribution >= 4 is 11.9 Å². The van der Waals surface area contributed by atoms with Crippen molar-refractivity contribution in [3.05, 3.63) is 17.5 Å². The molecule has 0 aromatic carbocycles. The van der Waals surface area contributed by atoms with Crippen LogP contribution in [0.2, 0.25) is 0 Å². The van der Waals surface area contributed by atoms with Gasteiger partial charge in [-0.2, -0.15) is 5.10 Å². The van der Waals surface area contributed by atoms with E-state index in [1.165, 1.54) is 0 Å². The lowest BCUT2D eigenvalue weighted by Gasteiger charge is -2.14. The van der Waals surface area contributed by atoms with Gasteiger partial charge < -0.3 is 10.4 Å². The lowest BCUT2D eigenvalue weighted by Crippen LogP contribution is -2.41. The molecule has 0 saturated carbocycles. The summed E-state index contributed by atoms with van der Waals surface area (Å²) in [6.07, 6.45) is 2.10. The van der Waals surface area contributed by atoms with Gasteiger partial charge in [-0.15, -0.1) is 0 Å². The highest BCUT2D eigenvalue weighted by molar-refractivity contribution is 5.95. The topological polar surface area (TPSA) is 84.2 Å². The number of aryl methyl sites for hydroxylation is 2. The summed E-state index contributed by atoms with van der Waals surface area (Å²) in [5, 5.41) is 15.8. The number of carbonyl (C=O) groups is 2. The third kappa shape index (κ3) is 4.08. The molecule has 0 aliphatic heterocycles. The zero-order valence-corrected chi connectivity index (χ0v) is 11.6. The summed E-state index contributed by atoms with van der Waals surface area (Å²) < 4.78 is 1.57. The maximum absolute atomic E-state index is 12.1. The number of nitrogens with one attached hydrogen (secondary N) is 1. The molecule has 0 spiro atoms. The average Bonchev–Trinajstić information content (AvgIpc) is 2.75. The van der Waals surface area contributed by atoms with E-state index in [0.29, 0.717) is 18.7 Å². The molecule has 0 aliphatic carbocycles. The summed E-state index contributed by atoms with van der Waals surface area (Å²) in [6.45, 7) is 6.24. The molecule has 19 heavy (non-hydrogen) atoms. The van der Waals surface area contributed by atoms with Crippen LogP contribution in [0.3, 0.4) is 0 Å². The van der Waals surface area contributed by atoms with Gasteiger partial charge in [0, 0.05) is 6.54 Å². The molecule has 1 atom stereocenters. The monoisotopic (exact) mass is 267 g/mol.